The molecule has 0 unspecified atom stereocenters. The molecule has 0 aromatic heterocycles. The topological polar surface area (TPSA) is 44.8 Å². The number of aryl methyl sites for hydroxylation is 2. The Hall–Kier alpha value is -0.620. The number of halogens is 1. The van der Waals surface area contributed by atoms with Crippen molar-refractivity contribution in [3.05, 3.63) is 28.3 Å². The summed E-state index contributed by atoms with van der Waals surface area (Å²) in [6, 6.07) is 3.68. The van der Waals surface area contributed by atoms with Gasteiger partial charge in [0.15, 0.2) is 0 Å². The van der Waals surface area contributed by atoms with Crippen LogP contribution in [0, 0.1) is 13.8 Å². The molecule has 0 amide bonds. The van der Waals surface area contributed by atoms with E-state index in [1.54, 1.807) is 0 Å². The van der Waals surface area contributed by atoms with Gasteiger partial charge in [0.2, 0.25) is 0 Å². The third-order valence-corrected chi connectivity index (χ3v) is 3.38. The fourth-order valence-electron chi connectivity index (χ4n) is 1.68. The second kappa shape index (κ2) is 5.35. The molecule has 17 heavy (non-hydrogen) atoms. The van der Waals surface area contributed by atoms with Crippen LogP contribution in [0.2, 0.25) is 5.02 Å². The molecule has 1 aromatic carbocycles. The second-order valence-electron chi connectivity index (χ2n) is 3.89. The Kier molecular flexibility index (Phi) is 4.04. The zero-order valence-electron chi connectivity index (χ0n) is 9.57. The largest absolute Gasteiger partial charge is 0.490 e. The minimum absolute atomic E-state index is 0.287. The van der Waals surface area contributed by atoms with Gasteiger partial charge >= 0.3 is 11.4 Å². The summed E-state index contributed by atoms with van der Waals surface area (Å²) >= 11 is 4.30. The zero-order valence-corrected chi connectivity index (χ0v) is 11.1. The first-order valence-electron chi connectivity index (χ1n) is 5.18. The molecule has 2 atom stereocenters. The highest BCUT2D eigenvalue weighted by molar-refractivity contribution is 7.75. The van der Waals surface area contributed by atoms with Crippen LogP contribution < -0.4 is 4.74 Å². The molecular formula is C11H13ClO4S. The molecule has 1 saturated heterocycles. The molecule has 1 aliphatic heterocycles. The smallest absolute Gasteiger partial charge is 0.305 e. The summed E-state index contributed by atoms with van der Waals surface area (Å²) in [7, 11) is 0. The van der Waals surface area contributed by atoms with E-state index in [2.05, 4.69) is 0 Å². The summed E-state index contributed by atoms with van der Waals surface area (Å²) in [6.45, 7) is 4.46. The van der Waals surface area contributed by atoms with Gasteiger partial charge in [-0.2, -0.15) is 4.21 Å². The van der Waals surface area contributed by atoms with Crippen molar-refractivity contribution in [2.75, 3.05) is 13.2 Å². The van der Waals surface area contributed by atoms with Gasteiger partial charge in [-0.25, -0.2) is 0 Å². The normalized spacial score (nSPS) is 23.9. The standard InChI is InChI=1S/C11H13ClO4S/c1-7-3-9(12)4-8(2)11(7)14-5-10-6-15-17(13)16-10/h3-4,10H,5-6H2,1-2H3/t10-,17-/m0/s1. The number of hydrogen-bond acceptors (Lipinski definition) is 4. The molecule has 2 rings (SSSR count). The van der Waals surface area contributed by atoms with Gasteiger partial charge in [-0.1, -0.05) is 11.6 Å². The van der Waals surface area contributed by atoms with Crippen molar-refractivity contribution in [3.63, 3.8) is 0 Å². The highest BCUT2D eigenvalue weighted by Gasteiger charge is 2.24. The molecule has 94 valence electrons. The first-order chi connectivity index (χ1) is 8.06. The lowest BCUT2D eigenvalue weighted by Gasteiger charge is -2.14. The van der Waals surface area contributed by atoms with Crippen molar-refractivity contribution in [1.82, 2.24) is 0 Å². The van der Waals surface area contributed by atoms with E-state index in [9.17, 15) is 4.21 Å². The van der Waals surface area contributed by atoms with Crippen LogP contribution in [0.4, 0.5) is 0 Å². The molecule has 1 fully saturated rings. The summed E-state index contributed by atoms with van der Waals surface area (Å²) < 4.78 is 26.3. The van der Waals surface area contributed by atoms with E-state index >= 15 is 0 Å². The fourth-order valence-corrected chi connectivity index (χ4v) is 2.65. The van der Waals surface area contributed by atoms with Crippen LogP contribution in [0.25, 0.3) is 0 Å². The summed E-state index contributed by atoms with van der Waals surface area (Å²) in [5.41, 5.74) is 1.94. The molecular weight excluding hydrogens is 264 g/mol. The third kappa shape index (κ3) is 3.19. The van der Waals surface area contributed by atoms with E-state index in [0.717, 1.165) is 16.9 Å². The van der Waals surface area contributed by atoms with Gasteiger partial charge < -0.3 is 4.74 Å². The van der Waals surface area contributed by atoms with Gasteiger partial charge in [0.05, 0.1) is 6.61 Å². The number of benzene rings is 1. The molecule has 6 heteroatoms. The molecule has 4 nitrogen and oxygen atoms in total. The van der Waals surface area contributed by atoms with Crippen LogP contribution >= 0.6 is 11.6 Å². The molecule has 1 aromatic rings. The first kappa shape index (κ1) is 12.8. The number of rotatable bonds is 3. The molecule has 0 N–H and O–H groups in total. The molecule has 0 spiro atoms. The lowest BCUT2D eigenvalue weighted by atomic mass is 10.1. The highest BCUT2D eigenvalue weighted by atomic mass is 35.5. The Morgan fingerprint density at radius 3 is 2.65 bits per heavy atom. The molecule has 0 saturated carbocycles. The Labute approximate surface area is 108 Å². The van der Waals surface area contributed by atoms with Gasteiger partial charge in [-0.15, -0.1) is 0 Å². The summed E-state index contributed by atoms with van der Waals surface area (Å²) in [5.74, 6) is 0.788. The summed E-state index contributed by atoms with van der Waals surface area (Å²) in [5, 5.41) is 0.689. The van der Waals surface area contributed by atoms with Crippen LogP contribution in [0.5, 0.6) is 5.75 Å². The number of ether oxygens (including phenoxy) is 1. The summed E-state index contributed by atoms with van der Waals surface area (Å²) in [6.07, 6.45) is -0.287. The van der Waals surface area contributed by atoms with Crippen LogP contribution in [-0.4, -0.2) is 23.5 Å². The predicted octanol–water partition coefficient (Wildman–Crippen LogP) is 2.33. The van der Waals surface area contributed by atoms with Crippen molar-refractivity contribution < 1.29 is 17.3 Å². The van der Waals surface area contributed by atoms with Crippen LogP contribution in [0.1, 0.15) is 11.1 Å². The predicted molar refractivity (Wildman–Crippen MR) is 65.4 cm³/mol. The molecule has 0 radical (unpaired) electrons. The van der Waals surface area contributed by atoms with E-state index in [1.807, 2.05) is 26.0 Å². The minimum atomic E-state index is -1.63. The zero-order chi connectivity index (χ0) is 12.4. The minimum Gasteiger partial charge on any atom is -0.490 e. The van der Waals surface area contributed by atoms with E-state index in [1.165, 1.54) is 0 Å². The van der Waals surface area contributed by atoms with Crippen LogP contribution in [0.15, 0.2) is 12.1 Å². The fraction of sp³-hybridized carbons (Fsp3) is 0.455. The maximum absolute atomic E-state index is 10.8. The third-order valence-electron chi connectivity index (χ3n) is 2.40. The Bertz CT molecular complexity index is 426. The van der Waals surface area contributed by atoms with Gasteiger partial charge in [0, 0.05) is 5.02 Å². The second-order valence-corrected chi connectivity index (χ2v) is 5.16. The Morgan fingerprint density at radius 1 is 1.47 bits per heavy atom. The van der Waals surface area contributed by atoms with E-state index < -0.39 is 11.4 Å². The molecule has 0 bridgehead atoms. The van der Waals surface area contributed by atoms with Gasteiger partial charge in [0.1, 0.15) is 18.5 Å². The van der Waals surface area contributed by atoms with Gasteiger partial charge in [-0.05, 0) is 37.1 Å². The van der Waals surface area contributed by atoms with Crippen molar-refractivity contribution in [2.45, 2.75) is 20.0 Å². The average Bonchev–Trinajstić information content (AvgIpc) is 2.62. The monoisotopic (exact) mass is 276 g/mol. The van der Waals surface area contributed by atoms with Gasteiger partial charge in [0.25, 0.3) is 0 Å². The molecule has 1 aliphatic rings. The maximum Gasteiger partial charge on any atom is 0.305 e. The van der Waals surface area contributed by atoms with E-state index in [-0.39, 0.29) is 12.7 Å². The first-order valence-corrected chi connectivity index (χ1v) is 6.56. The SMILES string of the molecule is Cc1cc(Cl)cc(C)c1OC[C@H]1CO[S@](=O)O1. The average molecular weight is 277 g/mol. The Balaban J connectivity index is 2.01. The van der Waals surface area contributed by atoms with Crippen LogP contribution in [-0.2, 0) is 19.7 Å². The van der Waals surface area contributed by atoms with Crippen molar-refractivity contribution >= 4 is 23.0 Å². The lowest BCUT2D eigenvalue weighted by molar-refractivity contribution is 0.150. The molecule has 0 aliphatic carbocycles. The number of hydrogen-bond donors (Lipinski definition) is 0. The van der Waals surface area contributed by atoms with Crippen molar-refractivity contribution in [3.8, 4) is 5.75 Å². The quantitative estimate of drug-likeness (QED) is 0.850. The van der Waals surface area contributed by atoms with E-state index in [4.69, 9.17) is 24.7 Å². The Morgan fingerprint density at radius 2 is 2.12 bits per heavy atom. The summed E-state index contributed by atoms with van der Waals surface area (Å²) in [4.78, 5) is 0. The van der Waals surface area contributed by atoms with Crippen molar-refractivity contribution in [2.24, 2.45) is 0 Å². The molecule has 1 heterocycles. The maximum atomic E-state index is 10.8. The van der Waals surface area contributed by atoms with Crippen molar-refractivity contribution in [1.29, 1.82) is 0 Å². The van der Waals surface area contributed by atoms with E-state index in [0.29, 0.717) is 11.6 Å². The highest BCUT2D eigenvalue weighted by Crippen LogP contribution is 2.27. The van der Waals surface area contributed by atoms with Gasteiger partial charge in [-0.3, -0.25) is 8.37 Å². The van der Waals surface area contributed by atoms with Crippen LogP contribution in [0.3, 0.4) is 0 Å². The lowest BCUT2D eigenvalue weighted by Crippen LogP contribution is -2.20.